The fraction of sp³-hybridized carbons (Fsp3) is 0.333. The summed E-state index contributed by atoms with van der Waals surface area (Å²) in [4.78, 5) is 50.5. The third-order valence-electron chi connectivity index (χ3n) is 6.15. The third-order valence-corrected chi connectivity index (χ3v) is 6.15. The SMILES string of the molecule is C[C@@H]1CCCC[C@@H]1NC(=O)COC(=O)c1ccc2c(c1N)C(=O)c1ccccc1C2=O. The van der Waals surface area contributed by atoms with Gasteiger partial charge in [0, 0.05) is 22.7 Å². The number of hydrogen-bond donors (Lipinski definition) is 2. The molecule has 4 rings (SSSR count). The molecule has 7 heteroatoms. The number of fused-ring (bicyclic) bond motifs is 2. The molecule has 2 atom stereocenters. The number of ether oxygens (including phenoxy) is 1. The zero-order valence-corrected chi connectivity index (χ0v) is 17.3. The highest BCUT2D eigenvalue weighted by molar-refractivity contribution is 6.30. The molecule has 2 aromatic rings. The van der Waals surface area contributed by atoms with E-state index in [9.17, 15) is 19.2 Å². The second kappa shape index (κ2) is 8.34. The van der Waals surface area contributed by atoms with Crippen LogP contribution in [-0.4, -0.2) is 36.1 Å². The molecular weight excluding hydrogens is 396 g/mol. The molecule has 0 saturated heterocycles. The van der Waals surface area contributed by atoms with Crippen molar-refractivity contribution in [3.05, 3.63) is 64.2 Å². The van der Waals surface area contributed by atoms with Crippen LogP contribution in [0.1, 0.15) is 74.8 Å². The average Bonchev–Trinajstić information content (AvgIpc) is 2.77. The van der Waals surface area contributed by atoms with Gasteiger partial charge in [-0.2, -0.15) is 0 Å². The number of carbonyl (C=O) groups is 4. The molecule has 2 aromatic carbocycles. The highest BCUT2D eigenvalue weighted by Gasteiger charge is 2.33. The van der Waals surface area contributed by atoms with Crippen molar-refractivity contribution >= 4 is 29.1 Å². The van der Waals surface area contributed by atoms with E-state index in [0.717, 1.165) is 25.7 Å². The smallest absolute Gasteiger partial charge is 0.340 e. The van der Waals surface area contributed by atoms with Gasteiger partial charge in [0.05, 0.1) is 16.8 Å². The number of rotatable bonds is 4. The monoisotopic (exact) mass is 420 g/mol. The van der Waals surface area contributed by atoms with Crippen molar-refractivity contribution < 1.29 is 23.9 Å². The Morgan fingerprint density at radius 1 is 1.00 bits per heavy atom. The molecule has 1 saturated carbocycles. The predicted molar refractivity (Wildman–Crippen MR) is 114 cm³/mol. The molecule has 0 spiro atoms. The Morgan fingerprint density at radius 3 is 2.39 bits per heavy atom. The van der Waals surface area contributed by atoms with Crippen molar-refractivity contribution in [3.63, 3.8) is 0 Å². The maximum Gasteiger partial charge on any atom is 0.340 e. The van der Waals surface area contributed by atoms with Crippen molar-refractivity contribution in [2.24, 2.45) is 5.92 Å². The molecule has 1 amide bonds. The summed E-state index contributed by atoms with van der Waals surface area (Å²) in [5, 5.41) is 2.92. The first kappa shape index (κ1) is 20.8. The molecule has 1 fully saturated rings. The Labute approximate surface area is 180 Å². The van der Waals surface area contributed by atoms with E-state index in [1.165, 1.54) is 12.1 Å². The first-order chi connectivity index (χ1) is 14.9. The summed E-state index contributed by atoms with van der Waals surface area (Å²) in [5.41, 5.74) is 6.67. The van der Waals surface area contributed by atoms with Crippen LogP contribution in [0.3, 0.4) is 0 Å². The Kier molecular flexibility index (Phi) is 5.59. The molecule has 7 nitrogen and oxygen atoms in total. The number of anilines is 1. The fourth-order valence-electron chi connectivity index (χ4n) is 4.38. The first-order valence-electron chi connectivity index (χ1n) is 10.5. The van der Waals surface area contributed by atoms with E-state index >= 15 is 0 Å². The van der Waals surface area contributed by atoms with Crippen molar-refractivity contribution in [2.45, 2.75) is 38.6 Å². The predicted octanol–water partition coefficient (Wildman–Crippen LogP) is 2.90. The average molecular weight is 420 g/mol. The van der Waals surface area contributed by atoms with Crippen LogP contribution in [0.5, 0.6) is 0 Å². The lowest BCUT2D eigenvalue weighted by Crippen LogP contribution is -2.42. The number of nitrogen functional groups attached to an aromatic ring is 1. The van der Waals surface area contributed by atoms with Crippen LogP contribution in [-0.2, 0) is 9.53 Å². The van der Waals surface area contributed by atoms with Crippen molar-refractivity contribution in [3.8, 4) is 0 Å². The molecule has 31 heavy (non-hydrogen) atoms. The highest BCUT2D eigenvalue weighted by atomic mass is 16.5. The van der Waals surface area contributed by atoms with Crippen LogP contribution in [0.25, 0.3) is 0 Å². The molecule has 2 aliphatic rings. The molecule has 160 valence electrons. The van der Waals surface area contributed by atoms with Crippen molar-refractivity contribution in [1.29, 1.82) is 0 Å². The number of hydrogen-bond acceptors (Lipinski definition) is 6. The Morgan fingerprint density at radius 2 is 1.68 bits per heavy atom. The van der Waals surface area contributed by atoms with Gasteiger partial charge in [-0.05, 0) is 30.9 Å². The number of carbonyl (C=O) groups excluding carboxylic acids is 4. The Hall–Kier alpha value is -3.48. The Balaban J connectivity index is 1.49. The maximum atomic E-state index is 12.9. The van der Waals surface area contributed by atoms with E-state index in [1.54, 1.807) is 24.3 Å². The van der Waals surface area contributed by atoms with Crippen LogP contribution >= 0.6 is 0 Å². The van der Waals surface area contributed by atoms with Gasteiger partial charge in [-0.3, -0.25) is 14.4 Å². The lowest BCUT2D eigenvalue weighted by atomic mass is 9.82. The van der Waals surface area contributed by atoms with E-state index in [2.05, 4.69) is 12.2 Å². The third kappa shape index (κ3) is 3.83. The largest absolute Gasteiger partial charge is 0.452 e. The number of amides is 1. The van der Waals surface area contributed by atoms with Gasteiger partial charge in [-0.15, -0.1) is 0 Å². The lowest BCUT2D eigenvalue weighted by molar-refractivity contribution is -0.125. The summed E-state index contributed by atoms with van der Waals surface area (Å²) < 4.78 is 5.14. The minimum absolute atomic E-state index is 0.00127. The minimum atomic E-state index is -0.814. The van der Waals surface area contributed by atoms with Crippen molar-refractivity contribution in [2.75, 3.05) is 12.3 Å². The number of nitrogens with two attached hydrogens (primary N) is 1. The van der Waals surface area contributed by atoms with Crippen LogP contribution in [0.2, 0.25) is 0 Å². The topological polar surface area (TPSA) is 116 Å². The second-order valence-electron chi connectivity index (χ2n) is 8.17. The standard InChI is InChI=1S/C24H24N2O5/c1-13-6-2-5-9-18(13)26-19(27)12-31-24(30)17-11-10-16-20(21(17)25)23(29)15-8-4-3-7-14(15)22(16)28/h3-4,7-8,10-11,13,18H,2,5-6,9,12,25H2,1H3,(H,26,27)/t13-,18+/m1/s1. The number of esters is 1. The Bertz CT molecular complexity index is 1090. The summed E-state index contributed by atoms with van der Waals surface area (Å²) >= 11 is 0. The summed E-state index contributed by atoms with van der Waals surface area (Å²) in [5.74, 6) is -1.54. The molecular formula is C24H24N2O5. The van der Waals surface area contributed by atoms with Crippen molar-refractivity contribution in [1.82, 2.24) is 5.32 Å². The zero-order chi connectivity index (χ0) is 22.1. The highest BCUT2D eigenvalue weighted by Crippen LogP contribution is 2.33. The van der Waals surface area contributed by atoms with Gasteiger partial charge in [0.25, 0.3) is 5.91 Å². The van der Waals surface area contributed by atoms with E-state index in [1.807, 2.05) is 0 Å². The molecule has 0 bridgehead atoms. The summed E-state index contributed by atoms with van der Waals surface area (Å²) in [6.07, 6.45) is 4.20. The van der Waals surface area contributed by atoms with Crippen LogP contribution in [0.4, 0.5) is 5.69 Å². The lowest BCUT2D eigenvalue weighted by Gasteiger charge is -2.29. The molecule has 2 aliphatic carbocycles. The zero-order valence-electron chi connectivity index (χ0n) is 17.3. The molecule has 0 heterocycles. The molecule has 0 aromatic heterocycles. The van der Waals surface area contributed by atoms with Gasteiger partial charge in [-0.25, -0.2) is 4.79 Å². The molecule has 0 unspecified atom stereocenters. The normalized spacial score (nSPS) is 19.9. The van der Waals surface area contributed by atoms with Gasteiger partial charge in [0.2, 0.25) is 0 Å². The maximum absolute atomic E-state index is 12.9. The van der Waals surface area contributed by atoms with E-state index in [0.29, 0.717) is 11.5 Å². The van der Waals surface area contributed by atoms with E-state index in [-0.39, 0.29) is 45.7 Å². The summed E-state index contributed by atoms with van der Waals surface area (Å²) in [7, 11) is 0. The van der Waals surface area contributed by atoms with Gasteiger partial charge < -0.3 is 15.8 Å². The number of ketones is 2. The van der Waals surface area contributed by atoms with Gasteiger partial charge >= 0.3 is 5.97 Å². The quantitative estimate of drug-likeness (QED) is 0.495. The van der Waals surface area contributed by atoms with Crippen LogP contribution < -0.4 is 11.1 Å². The minimum Gasteiger partial charge on any atom is -0.452 e. The van der Waals surface area contributed by atoms with E-state index < -0.39 is 18.4 Å². The number of benzene rings is 2. The van der Waals surface area contributed by atoms with E-state index in [4.69, 9.17) is 10.5 Å². The molecule has 0 aliphatic heterocycles. The van der Waals surface area contributed by atoms with Gasteiger partial charge in [-0.1, -0.05) is 44.0 Å². The molecule has 0 radical (unpaired) electrons. The van der Waals surface area contributed by atoms with Gasteiger partial charge in [0.1, 0.15) is 0 Å². The summed E-state index contributed by atoms with van der Waals surface area (Å²) in [6, 6.07) is 9.33. The second-order valence-corrected chi connectivity index (χ2v) is 8.17. The summed E-state index contributed by atoms with van der Waals surface area (Å²) in [6.45, 7) is 1.66. The first-order valence-corrected chi connectivity index (χ1v) is 10.5. The van der Waals surface area contributed by atoms with Gasteiger partial charge in [0.15, 0.2) is 18.2 Å². The number of nitrogens with one attached hydrogen (secondary N) is 1. The van der Waals surface area contributed by atoms with Crippen LogP contribution in [0.15, 0.2) is 36.4 Å². The fourth-order valence-corrected chi connectivity index (χ4v) is 4.38. The molecule has 3 N–H and O–H groups in total. The van der Waals surface area contributed by atoms with Crippen LogP contribution in [0, 0.1) is 5.92 Å².